The fraction of sp³-hybridized carbons (Fsp3) is 0.647. The Morgan fingerprint density at radius 2 is 1.95 bits per heavy atom. The van der Waals surface area contributed by atoms with Crippen molar-refractivity contribution in [2.45, 2.75) is 45.1 Å². The van der Waals surface area contributed by atoms with Crippen LogP contribution in [-0.4, -0.2) is 25.7 Å². The van der Waals surface area contributed by atoms with Gasteiger partial charge in [-0.15, -0.1) is 0 Å². The normalized spacial score (nSPS) is 20.8. The molecule has 2 aliphatic rings. The van der Waals surface area contributed by atoms with Gasteiger partial charge in [-0.2, -0.15) is 0 Å². The number of hydrogen-bond acceptors (Lipinski definition) is 3. The second kappa shape index (κ2) is 6.04. The molecule has 0 bridgehead atoms. The van der Waals surface area contributed by atoms with Gasteiger partial charge in [-0.05, 0) is 62.3 Å². The third-order valence-electron chi connectivity index (χ3n) is 4.76. The summed E-state index contributed by atoms with van der Waals surface area (Å²) in [7, 11) is 0. The fourth-order valence-electron chi connectivity index (χ4n) is 3.02. The fourth-order valence-corrected chi connectivity index (χ4v) is 3.02. The second-order valence-electron chi connectivity index (χ2n) is 6.38. The van der Waals surface area contributed by atoms with E-state index in [1.807, 2.05) is 0 Å². The molecule has 0 atom stereocenters. The zero-order valence-corrected chi connectivity index (χ0v) is 12.5. The number of benzene rings is 1. The minimum atomic E-state index is 0.387. The average molecular weight is 274 g/mol. The maximum absolute atomic E-state index is 5.97. The van der Waals surface area contributed by atoms with Gasteiger partial charge in [-0.3, -0.25) is 0 Å². The summed E-state index contributed by atoms with van der Waals surface area (Å²) in [5, 5.41) is 0. The Bertz CT molecular complexity index is 448. The summed E-state index contributed by atoms with van der Waals surface area (Å²) in [4.78, 5) is 2.44. The molecule has 1 saturated heterocycles. The smallest absolute Gasteiger partial charge is 0.122 e. The topological polar surface area (TPSA) is 38.5 Å². The van der Waals surface area contributed by atoms with Crippen LogP contribution in [0.2, 0.25) is 0 Å². The van der Waals surface area contributed by atoms with Gasteiger partial charge in [-0.1, -0.05) is 6.42 Å². The predicted molar refractivity (Wildman–Crippen MR) is 83.4 cm³/mol. The van der Waals surface area contributed by atoms with E-state index in [1.54, 1.807) is 0 Å². The van der Waals surface area contributed by atoms with Crippen LogP contribution in [0.4, 0.5) is 5.69 Å². The van der Waals surface area contributed by atoms with Crippen molar-refractivity contribution in [1.29, 1.82) is 0 Å². The maximum atomic E-state index is 5.97. The van der Waals surface area contributed by atoms with Crippen LogP contribution in [-0.2, 0) is 0 Å². The average Bonchev–Trinajstić information content (AvgIpc) is 2.39. The zero-order chi connectivity index (χ0) is 13.9. The number of nitrogens with two attached hydrogens (primary N) is 1. The van der Waals surface area contributed by atoms with Crippen molar-refractivity contribution < 1.29 is 4.74 Å². The third kappa shape index (κ3) is 3.09. The van der Waals surface area contributed by atoms with Crippen molar-refractivity contribution >= 4 is 5.69 Å². The maximum Gasteiger partial charge on any atom is 0.122 e. The van der Waals surface area contributed by atoms with E-state index in [0.29, 0.717) is 6.04 Å². The molecule has 2 N–H and O–H groups in total. The molecular formula is C17H26N2O. The molecule has 0 radical (unpaired) electrons. The first-order chi connectivity index (χ1) is 9.72. The molecule has 1 aliphatic carbocycles. The Hall–Kier alpha value is -1.22. The molecule has 20 heavy (non-hydrogen) atoms. The van der Waals surface area contributed by atoms with E-state index in [0.717, 1.165) is 44.2 Å². The summed E-state index contributed by atoms with van der Waals surface area (Å²) in [6.45, 7) is 5.18. The lowest BCUT2D eigenvalue weighted by molar-refractivity contribution is 0.180. The summed E-state index contributed by atoms with van der Waals surface area (Å²) in [6.07, 6.45) is 6.25. The number of nitrogens with zero attached hydrogens (tertiary/aromatic N) is 1. The highest BCUT2D eigenvalue weighted by Gasteiger charge is 2.19. The highest BCUT2D eigenvalue weighted by atomic mass is 16.5. The standard InChI is InChI=1S/C17H26N2O/c1-13-11-16(19-9-7-15(18)8-10-19)5-6-17(13)20-12-14-3-2-4-14/h5-6,11,14-15H,2-4,7-10,12,18H2,1H3. The van der Waals surface area contributed by atoms with Crippen LogP contribution in [0.25, 0.3) is 0 Å². The first kappa shape index (κ1) is 13.7. The molecule has 3 nitrogen and oxygen atoms in total. The number of rotatable bonds is 4. The van der Waals surface area contributed by atoms with Crippen LogP contribution in [0, 0.1) is 12.8 Å². The van der Waals surface area contributed by atoms with Crippen LogP contribution >= 0.6 is 0 Å². The molecule has 1 aromatic carbocycles. The SMILES string of the molecule is Cc1cc(N2CCC(N)CC2)ccc1OCC1CCC1. The second-order valence-corrected chi connectivity index (χ2v) is 6.38. The minimum Gasteiger partial charge on any atom is -0.493 e. The number of ether oxygens (including phenoxy) is 1. The Kier molecular flexibility index (Phi) is 4.16. The molecule has 1 aliphatic heterocycles. The van der Waals surface area contributed by atoms with Gasteiger partial charge in [-0.25, -0.2) is 0 Å². The minimum absolute atomic E-state index is 0.387. The largest absolute Gasteiger partial charge is 0.493 e. The van der Waals surface area contributed by atoms with Crippen LogP contribution < -0.4 is 15.4 Å². The van der Waals surface area contributed by atoms with Crippen molar-refractivity contribution in [3.05, 3.63) is 23.8 Å². The molecule has 2 fully saturated rings. The van der Waals surface area contributed by atoms with Crippen LogP contribution in [0.3, 0.4) is 0 Å². The van der Waals surface area contributed by atoms with Gasteiger partial charge >= 0.3 is 0 Å². The van der Waals surface area contributed by atoms with Gasteiger partial charge in [0.25, 0.3) is 0 Å². The molecule has 0 amide bonds. The summed E-state index contributed by atoms with van der Waals surface area (Å²) in [5.74, 6) is 1.84. The number of anilines is 1. The van der Waals surface area contributed by atoms with Gasteiger partial charge in [0.2, 0.25) is 0 Å². The van der Waals surface area contributed by atoms with Crippen molar-refractivity contribution in [3.8, 4) is 5.75 Å². The van der Waals surface area contributed by atoms with Gasteiger partial charge in [0.1, 0.15) is 5.75 Å². The molecule has 0 spiro atoms. The monoisotopic (exact) mass is 274 g/mol. The van der Waals surface area contributed by atoms with Gasteiger partial charge in [0.15, 0.2) is 0 Å². The highest BCUT2D eigenvalue weighted by molar-refractivity contribution is 5.53. The number of piperidine rings is 1. The third-order valence-corrected chi connectivity index (χ3v) is 4.76. The summed E-state index contributed by atoms with van der Waals surface area (Å²) >= 11 is 0. The molecule has 0 unspecified atom stereocenters. The zero-order valence-electron chi connectivity index (χ0n) is 12.5. The molecule has 3 rings (SSSR count). The number of hydrogen-bond donors (Lipinski definition) is 1. The molecule has 1 aromatic rings. The summed E-state index contributed by atoms with van der Waals surface area (Å²) in [6, 6.07) is 6.97. The van der Waals surface area contributed by atoms with Crippen molar-refractivity contribution in [3.63, 3.8) is 0 Å². The molecule has 0 aromatic heterocycles. The van der Waals surface area contributed by atoms with E-state index in [-0.39, 0.29) is 0 Å². The van der Waals surface area contributed by atoms with Crippen LogP contribution in [0.5, 0.6) is 5.75 Å². The Morgan fingerprint density at radius 3 is 2.55 bits per heavy atom. The molecular weight excluding hydrogens is 248 g/mol. The summed E-state index contributed by atoms with van der Waals surface area (Å²) in [5.41, 5.74) is 8.53. The molecule has 3 heteroatoms. The van der Waals surface area contributed by atoms with E-state index in [1.165, 1.54) is 30.5 Å². The van der Waals surface area contributed by atoms with Gasteiger partial charge in [0, 0.05) is 24.8 Å². The van der Waals surface area contributed by atoms with Crippen LogP contribution in [0.1, 0.15) is 37.7 Å². The van der Waals surface area contributed by atoms with E-state index < -0.39 is 0 Å². The highest BCUT2D eigenvalue weighted by Crippen LogP contribution is 2.30. The lowest BCUT2D eigenvalue weighted by Crippen LogP contribution is -2.39. The lowest BCUT2D eigenvalue weighted by atomic mass is 9.86. The quantitative estimate of drug-likeness (QED) is 0.917. The molecule has 1 saturated carbocycles. The van der Waals surface area contributed by atoms with Crippen molar-refractivity contribution in [2.75, 3.05) is 24.6 Å². The Labute approximate surface area is 122 Å². The molecule has 110 valence electrons. The first-order valence-corrected chi connectivity index (χ1v) is 7.96. The van der Waals surface area contributed by atoms with Crippen molar-refractivity contribution in [2.24, 2.45) is 11.7 Å². The van der Waals surface area contributed by atoms with Crippen LogP contribution in [0.15, 0.2) is 18.2 Å². The first-order valence-electron chi connectivity index (χ1n) is 7.96. The Balaban J connectivity index is 1.61. The van der Waals surface area contributed by atoms with E-state index in [4.69, 9.17) is 10.5 Å². The molecule has 1 heterocycles. The van der Waals surface area contributed by atoms with E-state index in [9.17, 15) is 0 Å². The van der Waals surface area contributed by atoms with Gasteiger partial charge < -0.3 is 15.4 Å². The Morgan fingerprint density at radius 1 is 1.20 bits per heavy atom. The van der Waals surface area contributed by atoms with E-state index >= 15 is 0 Å². The number of aryl methyl sites for hydroxylation is 1. The lowest BCUT2D eigenvalue weighted by Gasteiger charge is -2.32. The summed E-state index contributed by atoms with van der Waals surface area (Å²) < 4.78 is 5.96. The van der Waals surface area contributed by atoms with E-state index in [2.05, 4.69) is 30.0 Å². The van der Waals surface area contributed by atoms with Gasteiger partial charge in [0.05, 0.1) is 6.61 Å². The van der Waals surface area contributed by atoms with Crippen molar-refractivity contribution in [1.82, 2.24) is 0 Å². The predicted octanol–water partition coefficient (Wildman–Crippen LogP) is 3.10.